The number of sulfonamides is 2. The van der Waals surface area contributed by atoms with Crippen LogP contribution >= 0.6 is 0 Å². The minimum atomic E-state index is -4.19. The summed E-state index contributed by atoms with van der Waals surface area (Å²) >= 11 is 0. The molecule has 0 spiro atoms. The van der Waals surface area contributed by atoms with Crippen LogP contribution in [0.15, 0.2) is 82.8 Å². The molecule has 1 unspecified atom stereocenters. The molecule has 184 valence electrons. The molecule has 0 saturated heterocycles. The van der Waals surface area contributed by atoms with Gasteiger partial charge in [0.05, 0.1) is 35.2 Å². The summed E-state index contributed by atoms with van der Waals surface area (Å²) < 4.78 is 75.0. The summed E-state index contributed by atoms with van der Waals surface area (Å²) in [5, 5.41) is 4.39. The Balaban J connectivity index is 1.83. The molecule has 0 aliphatic carbocycles. The van der Waals surface area contributed by atoms with Gasteiger partial charge in [-0.3, -0.25) is 4.72 Å². The predicted octanol–water partition coefficient (Wildman–Crippen LogP) is 4.14. The van der Waals surface area contributed by atoms with Crippen LogP contribution in [0, 0.1) is 5.82 Å². The van der Waals surface area contributed by atoms with Gasteiger partial charge >= 0.3 is 0 Å². The molecule has 8 nitrogen and oxygen atoms in total. The Morgan fingerprint density at radius 2 is 1.66 bits per heavy atom. The smallest absolute Gasteiger partial charge is 0.279 e. The largest absolute Gasteiger partial charge is 0.497 e. The Labute approximate surface area is 204 Å². The van der Waals surface area contributed by atoms with Gasteiger partial charge in [0.2, 0.25) is 10.0 Å². The summed E-state index contributed by atoms with van der Waals surface area (Å²) in [5.74, 6) is -0.218. The number of benzene rings is 3. The minimum Gasteiger partial charge on any atom is -0.497 e. The number of halogens is 1. The van der Waals surface area contributed by atoms with Gasteiger partial charge in [-0.25, -0.2) is 12.8 Å². The second-order valence-corrected chi connectivity index (χ2v) is 11.6. The molecule has 0 aromatic heterocycles. The number of anilines is 1. The van der Waals surface area contributed by atoms with E-state index in [1.165, 1.54) is 56.5 Å². The molecule has 1 atom stereocenters. The molecule has 1 N–H and O–H groups in total. The summed E-state index contributed by atoms with van der Waals surface area (Å²) in [7, 11) is -6.31. The standard InChI is InChI=1S/C24H24FN3O5S2/c1-3-34(29,30)27-22-11-7-5-9-20(22)23-16-24(19-8-4-6-10-21(19)25)28(26-23)35(31,32)18-14-12-17(33-2)13-15-18/h4-15,24,27H,3,16H2,1-2H3. The lowest BCUT2D eigenvalue weighted by Crippen LogP contribution is -2.27. The molecule has 3 aromatic carbocycles. The number of hydrogen-bond acceptors (Lipinski definition) is 6. The zero-order valence-electron chi connectivity index (χ0n) is 19.0. The van der Waals surface area contributed by atoms with E-state index in [9.17, 15) is 21.2 Å². The first-order valence-electron chi connectivity index (χ1n) is 10.8. The van der Waals surface area contributed by atoms with Gasteiger partial charge in [-0.1, -0.05) is 36.4 Å². The average Bonchev–Trinajstić information content (AvgIpc) is 3.30. The van der Waals surface area contributed by atoms with Crippen molar-refractivity contribution in [1.29, 1.82) is 0 Å². The Kier molecular flexibility index (Phi) is 6.82. The van der Waals surface area contributed by atoms with E-state index in [0.29, 0.717) is 17.0 Å². The molecule has 0 radical (unpaired) electrons. The number of hydrazone groups is 1. The van der Waals surface area contributed by atoms with Gasteiger partial charge in [0, 0.05) is 17.5 Å². The van der Waals surface area contributed by atoms with Crippen LogP contribution in [-0.2, 0) is 20.0 Å². The first kappa shape index (κ1) is 24.7. The highest BCUT2D eigenvalue weighted by Crippen LogP contribution is 2.39. The zero-order valence-corrected chi connectivity index (χ0v) is 20.7. The maximum absolute atomic E-state index is 14.8. The molecule has 11 heteroatoms. The maximum atomic E-state index is 14.8. The SMILES string of the molecule is CCS(=O)(=O)Nc1ccccc1C1=NN(S(=O)(=O)c2ccc(OC)cc2)C(c2ccccc2F)C1. The van der Waals surface area contributed by atoms with Crippen molar-refractivity contribution in [1.82, 2.24) is 4.41 Å². The molecule has 0 fully saturated rings. The van der Waals surface area contributed by atoms with E-state index in [2.05, 4.69) is 9.82 Å². The summed E-state index contributed by atoms with van der Waals surface area (Å²) in [6, 6.07) is 17.3. The fourth-order valence-corrected chi connectivity index (χ4v) is 5.85. The number of nitrogens with zero attached hydrogens (tertiary/aromatic N) is 2. The van der Waals surface area contributed by atoms with Crippen LogP contribution < -0.4 is 9.46 Å². The second-order valence-electron chi connectivity index (χ2n) is 7.79. The van der Waals surface area contributed by atoms with Crippen LogP contribution in [0.1, 0.15) is 30.5 Å². The lowest BCUT2D eigenvalue weighted by Gasteiger charge is -2.23. The third-order valence-corrected chi connectivity index (χ3v) is 8.61. The predicted molar refractivity (Wildman–Crippen MR) is 132 cm³/mol. The van der Waals surface area contributed by atoms with E-state index in [0.717, 1.165) is 4.41 Å². The monoisotopic (exact) mass is 517 g/mol. The first-order chi connectivity index (χ1) is 16.7. The number of para-hydroxylation sites is 1. The van der Waals surface area contributed by atoms with E-state index in [4.69, 9.17) is 4.74 Å². The molecule has 1 aliphatic rings. The quantitative estimate of drug-likeness (QED) is 0.484. The summed E-state index contributed by atoms with van der Waals surface area (Å²) in [4.78, 5) is -0.0374. The van der Waals surface area contributed by atoms with Crippen molar-refractivity contribution in [2.75, 3.05) is 17.6 Å². The molecule has 3 aromatic rings. The number of methoxy groups -OCH3 is 1. The van der Waals surface area contributed by atoms with E-state index in [1.54, 1.807) is 30.3 Å². The molecule has 0 amide bonds. The topological polar surface area (TPSA) is 105 Å². The molecule has 4 rings (SSSR count). The van der Waals surface area contributed by atoms with E-state index in [-0.39, 0.29) is 28.3 Å². The van der Waals surface area contributed by atoms with Crippen molar-refractivity contribution < 1.29 is 26.0 Å². The van der Waals surface area contributed by atoms with Crippen molar-refractivity contribution in [3.8, 4) is 5.75 Å². The van der Waals surface area contributed by atoms with Gasteiger partial charge in [0.25, 0.3) is 10.0 Å². The molecule has 1 heterocycles. The Morgan fingerprint density at radius 1 is 1.00 bits per heavy atom. The molecule has 35 heavy (non-hydrogen) atoms. The highest BCUT2D eigenvalue weighted by molar-refractivity contribution is 7.92. The van der Waals surface area contributed by atoms with Crippen LogP contribution in [0.5, 0.6) is 5.75 Å². The lowest BCUT2D eigenvalue weighted by molar-refractivity contribution is 0.362. The van der Waals surface area contributed by atoms with Crippen LogP contribution in [0.2, 0.25) is 0 Å². The van der Waals surface area contributed by atoms with Gasteiger partial charge in [-0.15, -0.1) is 0 Å². The molecular weight excluding hydrogens is 493 g/mol. The molecule has 0 bridgehead atoms. The fourth-order valence-electron chi connectivity index (χ4n) is 3.77. The van der Waals surface area contributed by atoms with Crippen LogP contribution in [0.3, 0.4) is 0 Å². The van der Waals surface area contributed by atoms with Gasteiger partial charge in [0.15, 0.2) is 0 Å². The van der Waals surface area contributed by atoms with Crippen molar-refractivity contribution in [2.45, 2.75) is 24.3 Å². The van der Waals surface area contributed by atoms with Gasteiger partial charge in [0.1, 0.15) is 11.6 Å². The summed E-state index contributed by atoms with van der Waals surface area (Å²) in [6.45, 7) is 1.51. The zero-order chi connectivity index (χ0) is 25.2. The Bertz CT molecular complexity index is 1470. The van der Waals surface area contributed by atoms with E-state index < -0.39 is 31.9 Å². The fraction of sp³-hybridized carbons (Fsp3) is 0.208. The summed E-state index contributed by atoms with van der Waals surface area (Å²) in [6.07, 6.45) is 0.0428. The molecular formula is C24H24FN3O5S2. The van der Waals surface area contributed by atoms with Crippen molar-refractivity contribution in [3.05, 3.63) is 89.7 Å². The van der Waals surface area contributed by atoms with Crippen molar-refractivity contribution in [2.24, 2.45) is 5.10 Å². The number of hydrogen-bond donors (Lipinski definition) is 1. The third-order valence-electron chi connectivity index (χ3n) is 5.62. The Morgan fingerprint density at radius 3 is 2.31 bits per heavy atom. The lowest BCUT2D eigenvalue weighted by atomic mass is 9.98. The van der Waals surface area contributed by atoms with Crippen molar-refractivity contribution in [3.63, 3.8) is 0 Å². The third kappa shape index (κ3) is 5.01. The second kappa shape index (κ2) is 9.67. The van der Waals surface area contributed by atoms with E-state index >= 15 is 0 Å². The number of nitrogens with one attached hydrogen (secondary N) is 1. The number of ether oxygens (including phenoxy) is 1. The highest BCUT2D eigenvalue weighted by atomic mass is 32.2. The minimum absolute atomic E-state index is 0.0374. The molecule has 1 aliphatic heterocycles. The molecule has 0 saturated carbocycles. The van der Waals surface area contributed by atoms with E-state index in [1.807, 2.05) is 0 Å². The Hall–Kier alpha value is -3.44. The summed E-state index contributed by atoms with van der Waals surface area (Å²) in [5.41, 5.74) is 1.15. The highest BCUT2D eigenvalue weighted by Gasteiger charge is 2.39. The van der Waals surface area contributed by atoms with Crippen LogP contribution in [-0.4, -0.2) is 39.8 Å². The van der Waals surface area contributed by atoms with Gasteiger partial charge < -0.3 is 4.74 Å². The van der Waals surface area contributed by atoms with Gasteiger partial charge in [-0.05, 0) is 43.3 Å². The van der Waals surface area contributed by atoms with Crippen molar-refractivity contribution >= 4 is 31.4 Å². The van der Waals surface area contributed by atoms with Crippen LogP contribution in [0.4, 0.5) is 10.1 Å². The number of rotatable bonds is 8. The maximum Gasteiger partial charge on any atom is 0.279 e. The van der Waals surface area contributed by atoms with Gasteiger partial charge in [-0.2, -0.15) is 17.9 Å². The normalized spacial score (nSPS) is 16.1. The average molecular weight is 518 g/mol. The van der Waals surface area contributed by atoms with Crippen LogP contribution in [0.25, 0.3) is 0 Å². The first-order valence-corrected chi connectivity index (χ1v) is 13.9.